The molecule has 1 amide bonds. The third-order valence-corrected chi connectivity index (χ3v) is 4.41. The summed E-state index contributed by atoms with van der Waals surface area (Å²) < 4.78 is 1.53. The second-order valence-corrected chi connectivity index (χ2v) is 5.98. The van der Waals surface area contributed by atoms with E-state index in [9.17, 15) is 9.59 Å². The molecule has 2 aromatic rings. The Labute approximate surface area is 128 Å². The quantitative estimate of drug-likeness (QED) is 0.871. The molecule has 0 aliphatic heterocycles. The van der Waals surface area contributed by atoms with Gasteiger partial charge in [0.05, 0.1) is 0 Å². The van der Waals surface area contributed by atoms with E-state index in [0.29, 0.717) is 6.54 Å². The first-order valence-corrected chi connectivity index (χ1v) is 7.84. The van der Waals surface area contributed by atoms with Crippen LogP contribution in [0, 0.1) is 20.8 Å². The number of aromatic nitrogens is 1. The van der Waals surface area contributed by atoms with Crippen LogP contribution in [0.25, 0.3) is 0 Å². The molecule has 0 aliphatic carbocycles. The number of carbonyl (C=O) groups is 1. The first-order chi connectivity index (χ1) is 9.93. The Morgan fingerprint density at radius 1 is 1.29 bits per heavy atom. The highest BCUT2D eigenvalue weighted by atomic mass is 32.1. The minimum Gasteiger partial charge on any atom is -0.311 e. The number of amides is 1. The summed E-state index contributed by atoms with van der Waals surface area (Å²) in [5, 5.41) is 1.78. The molecule has 0 spiro atoms. The molecule has 112 valence electrons. The Morgan fingerprint density at radius 2 is 2.00 bits per heavy atom. The van der Waals surface area contributed by atoms with E-state index in [2.05, 4.69) is 6.07 Å². The molecule has 1 aromatic heterocycles. The van der Waals surface area contributed by atoms with E-state index in [0.717, 1.165) is 28.3 Å². The maximum Gasteiger partial charge on any atom is 0.307 e. The van der Waals surface area contributed by atoms with Crippen molar-refractivity contribution in [1.82, 2.24) is 4.57 Å². The first-order valence-electron chi connectivity index (χ1n) is 6.96. The highest BCUT2D eigenvalue weighted by molar-refractivity contribution is 7.07. The van der Waals surface area contributed by atoms with Crippen LogP contribution >= 0.6 is 11.3 Å². The molecule has 2 rings (SSSR count). The molecule has 21 heavy (non-hydrogen) atoms. The van der Waals surface area contributed by atoms with Crippen molar-refractivity contribution in [1.29, 1.82) is 0 Å². The van der Waals surface area contributed by atoms with Crippen LogP contribution in [0.15, 0.2) is 28.4 Å². The SMILES string of the molecule is CCN(C(=O)Cn1c(C)csc1=O)c1ccc(C)cc1C. The lowest BCUT2D eigenvalue weighted by Gasteiger charge is -2.23. The Kier molecular flexibility index (Phi) is 4.63. The number of thiazole rings is 1. The van der Waals surface area contributed by atoms with Crippen molar-refractivity contribution in [3.05, 3.63) is 50.1 Å². The number of aryl methyl sites for hydroxylation is 3. The lowest BCUT2D eigenvalue weighted by atomic mass is 10.1. The van der Waals surface area contributed by atoms with Gasteiger partial charge >= 0.3 is 4.87 Å². The maximum absolute atomic E-state index is 12.6. The Morgan fingerprint density at radius 3 is 2.52 bits per heavy atom. The van der Waals surface area contributed by atoms with Crippen LogP contribution in [0.5, 0.6) is 0 Å². The fraction of sp³-hybridized carbons (Fsp3) is 0.375. The number of hydrogen-bond acceptors (Lipinski definition) is 3. The third kappa shape index (κ3) is 3.24. The van der Waals surface area contributed by atoms with Crippen LogP contribution in [0.4, 0.5) is 5.69 Å². The lowest BCUT2D eigenvalue weighted by molar-refractivity contribution is -0.119. The van der Waals surface area contributed by atoms with E-state index >= 15 is 0 Å². The van der Waals surface area contributed by atoms with Gasteiger partial charge < -0.3 is 4.90 Å². The van der Waals surface area contributed by atoms with Gasteiger partial charge in [0.15, 0.2) is 0 Å². The van der Waals surface area contributed by atoms with E-state index in [1.165, 1.54) is 10.1 Å². The summed E-state index contributed by atoms with van der Waals surface area (Å²) in [6.45, 7) is 8.50. The van der Waals surface area contributed by atoms with E-state index in [4.69, 9.17) is 0 Å². The second kappa shape index (κ2) is 6.26. The molecule has 0 saturated heterocycles. The normalized spacial score (nSPS) is 10.7. The summed E-state index contributed by atoms with van der Waals surface area (Å²) in [6.07, 6.45) is 0. The number of rotatable bonds is 4. The predicted molar refractivity (Wildman–Crippen MR) is 87.3 cm³/mol. The molecule has 0 unspecified atom stereocenters. The van der Waals surface area contributed by atoms with Crippen molar-refractivity contribution in [3.8, 4) is 0 Å². The number of hydrogen-bond donors (Lipinski definition) is 0. The summed E-state index contributed by atoms with van der Waals surface area (Å²) in [4.78, 5) is 25.9. The molecule has 1 heterocycles. The van der Waals surface area contributed by atoms with E-state index in [1.807, 2.05) is 39.8 Å². The lowest BCUT2D eigenvalue weighted by Crippen LogP contribution is -2.36. The molecule has 1 aromatic carbocycles. The van der Waals surface area contributed by atoms with Crippen molar-refractivity contribution < 1.29 is 4.79 Å². The van der Waals surface area contributed by atoms with E-state index < -0.39 is 0 Å². The Bertz CT molecular complexity index is 715. The molecular formula is C16H20N2O2S. The van der Waals surface area contributed by atoms with Crippen molar-refractivity contribution in [2.24, 2.45) is 0 Å². The van der Waals surface area contributed by atoms with Crippen molar-refractivity contribution >= 4 is 22.9 Å². The first kappa shape index (κ1) is 15.5. The van der Waals surface area contributed by atoms with Gasteiger partial charge in [-0.3, -0.25) is 14.2 Å². The zero-order valence-electron chi connectivity index (χ0n) is 12.8. The van der Waals surface area contributed by atoms with Gasteiger partial charge in [-0.15, -0.1) is 0 Å². The number of carbonyl (C=O) groups excluding carboxylic acids is 1. The smallest absolute Gasteiger partial charge is 0.307 e. The minimum atomic E-state index is -0.0856. The second-order valence-electron chi connectivity index (χ2n) is 5.16. The number of benzene rings is 1. The number of anilines is 1. The maximum atomic E-state index is 12.6. The molecule has 0 aliphatic rings. The van der Waals surface area contributed by atoms with Crippen LogP contribution in [0.2, 0.25) is 0 Å². The van der Waals surface area contributed by atoms with Crippen molar-refractivity contribution in [2.45, 2.75) is 34.2 Å². The van der Waals surface area contributed by atoms with Crippen LogP contribution in [-0.2, 0) is 11.3 Å². The Balaban J connectivity index is 2.29. The molecular weight excluding hydrogens is 284 g/mol. The van der Waals surface area contributed by atoms with E-state index in [-0.39, 0.29) is 17.3 Å². The van der Waals surface area contributed by atoms with Gasteiger partial charge in [-0.05, 0) is 39.3 Å². The van der Waals surface area contributed by atoms with Crippen molar-refractivity contribution in [2.75, 3.05) is 11.4 Å². The fourth-order valence-electron chi connectivity index (χ4n) is 2.41. The minimum absolute atomic E-state index is 0.0620. The highest BCUT2D eigenvalue weighted by Crippen LogP contribution is 2.21. The predicted octanol–water partition coefficient (Wildman–Crippen LogP) is 2.89. The average molecular weight is 304 g/mol. The molecule has 0 N–H and O–H groups in total. The van der Waals surface area contributed by atoms with Crippen molar-refractivity contribution in [3.63, 3.8) is 0 Å². The molecule has 0 saturated carbocycles. The summed E-state index contributed by atoms with van der Waals surface area (Å²) in [5.41, 5.74) is 3.98. The van der Waals surface area contributed by atoms with Gasteiger partial charge in [-0.1, -0.05) is 29.0 Å². The molecule has 5 heteroatoms. The highest BCUT2D eigenvalue weighted by Gasteiger charge is 2.18. The Hall–Kier alpha value is -1.88. The van der Waals surface area contributed by atoms with Gasteiger partial charge in [0, 0.05) is 23.3 Å². The fourth-order valence-corrected chi connectivity index (χ4v) is 3.14. The summed E-state index contributed by atoms with van der Waals surface area (Å²) in [7, 11) is 0. The summed E-state index contributed by atoms with van der Waals surface area (Å²) in [6, 6.07) is 6.03. The zero-order chi connectivity index (χ0) is 15.6. The molecule has 0 atom stereocenters. The monoisotopic (exact) mass is 304 g/mol. The van der Waals surface area contributed by atoms with Gasteiger partial charge in [-0.2, -0.15) is 0 Å². The standard InChI is InChI=1S/C16H20N2O2S/c1-5-17(14-7-6-11(2)8-12(14)3)15(19)9-18-13(4)10-21-16(18)20/h6-8,10H,5,9H2,1-4H3. The van der Waals surface area contributed by atoms with Gasteiger partial charge in [0.25, 0.3) is 0 Å². The zero-order valence-corrected chi connectivity index (χ0v) is 13.7. The summed E-state index contributed by atoms with van der Waals surface area (Å²) >= 11 is 1.13. The van der Waals surface area contributed by atoms with Gasteiger partial charge in [0.2, 0.25) is 5.91 Å². The topological polar surface area (TPSA) is 42.3 Å². The molecule has 4 nitrogen and oxygen atoms in total. The number of nitrogens with zero attached hydrogens (tertiary/aromatic N) is 2. The van der Waals surface area contributed by atoms with Crippen LogP contribution < -0.4 is 9.77 Å². The molecule has 0 bridgehead atoms. The molecule has 0 radical (unpaired) electrons. The summed E-state index contributed by atoms with van der Waals surface area (Å²) in [5.74, 6) is -0.0620. The van der Waals surface area contributed by atoms with Crippen LogP contribution in [0.3, 0.4) is 0 Å². The molecule has 0 fully saturated rings. The van der Waals surface area contributed by atoms with Gasteiger partial charge in [0.1, 0.15) is 6.54 Å². The van der Waals surface area contributed by atoms with E-state index in [1.54, 1.807) is 10.3 Å². The number of likely N-dealkylation sites (N-methyl/N-ethyl adjacent to an activating group) is 1. The van der Waals surface area contributed by atoms with Crippen LogP contribution in [0.1, 0.15) is 23.7 Å². The van der Waals surface area contributed by atoms with Gasteiger partial charge in [-0.25, -0.2) is 0 Å². The average Bonchev–Trinajstić information content (AvgIpc) is 2.74. The largest absolute Gasteiger partial charge is 0.311 e. The third-order valence-electron chi connectivity index (χ3n) is 3.53. The van der Waals surface area contributed by atoms with Crippen LogP contribution in [-0.4, -0.2) is 17.0 Å².